The third-order valence-electron chi connectivity index (χ3n) is 3.89. The van der Waals surface area contributed by atoms with Crippen molar-refractivity contribution in [3.05, 3.63) is 33.9 Å². The quantitative estimate of drug-likeness (QED) is 0.480. The lowest BCUT2D eigenvalue weighted by Gasteiger charge is -2.37. The first-order valence-electron chi connectivity index (χ1n) is 6.58. The summed E-state index contributed by atoms with van der Waals surface area (Å²) in [6, 6.07) is 4.65. The molecule has 2 rings (SSSR count). The molecule has 0 amide bonds. The van der Waals surface area contributed by atoms with Gasteiger partial charge >= 0.3 is 0 Å². The zero-order valence-electron chi connectivity index (χ0n) is 11.6. The van der Waals surface area contributed by atoms with Crippen LogP contribution < -0.4 is 4.90 Å². The van der Waals surface area contributed by atoms with Crippen LogP contribution in [0.5, 0.6) is 0 Å². The normalized spacial score (nSPS) is 22.6. The fraction of sp³-hybridized carbons (Fsp3) is 0.500. The number of carbonyl (C=O) groups excluding carboxylic acids is 1. The van der Waals surface area contributed by atoms with Crippen molar-refractivity contribution in [2.45, 2.75) is 19.4 Å². The average Bonchev–Trinajstić information content (AvgIpc) is 2.46. The highest BCUT2D eigenvalue weighted by molar-refractivity contribution is 5.83. The standard InChI is InChI=1S/C14H18N2O4/c1-10-5-6-15(8-14(10)20-2)12-3-4-13(16(18)19)11(7-12)9-17/h3-4,7,9-10,14H,5-6,8H2,1-2H3. The predicted octanol–water partition coefficient (Wildman–Crippen LogP) is 2.27. The van der Waals surface area contributed by atoms with Crippen LogP contribution in [0.2, 0.25) is 0 Å². The molecule has 1 aliphatic rings. The summed E-state index contributed by atoms with van der Waals surface area (Å²) in [5, 5.41) is 10.8. The van der Waals surface area contributed by atoms with E-state index in [1.807, 2.05) is 0 Å². The lowest BCUT2D eigenvalue weighted by atomic mass is 9.95. The van der Waals surface area contributed by atoms with E-state index >= 15 is 0 Å². The maximum Gasteiger partial charge on any atom is 0.280 e. The molecule has 1 aromatic rings. The number of aldehydes is 1. The predicted molar refractivity (Wildman–Crippen MR) is 75.3 cm³/mol. The Kier molecular flexibility index (Phi) is 4.34. The fourth-order valence-corrected chi connectivity index (χ4v) is 2.57. The van der Waals surface area contributed by atoms with Crippen molar-refractivity contribution in [2.24, 2.45) is 5.92 Å². The van der Waals surface area contributed by atoms with E-state index in [0.29, 0.717) is 12.2 Å². The van der Waals surface area contributed by atoms with Gasteiger partial charge < -0.3 is 9.64 Å². The van der Waals surface area contributed by atoms with Crippen molar-refractivity contribution in [3.63, 3.8) is 0 Å². The number of rotatable bonds is 4. The molecule has 108 valence electrons. The summed E-state index contributed by atoms with van der Waals surface area (Å²) < 4.78 is 5.45. The third kappa shape index (κ3) is 2.80. The number of nitro groups is 1. The van der Waals surface area contributed by atoms with Crippen LogP contribution in [0.4, 0.5) is 11.4 Å². The van der Waals surface area contributed by atoms with Crippen LogP contribution in [0.25, 0.3) is 0 Å². The van der Waals surface area contributed by atoms with Crippen molar-refractivity contribution in [1.82, 2.24) is 0 Å². The highest BCUT2D eigenvalue weighted by Gasteiger charge is 2.27. The number of anilines is 1. The average molecular weight is 278 g/mol. The van der Waals surface area contributed by atoms with E-state index in [-0.39, 0.29) is 17.4 Å². The number of benzene rings is 1. The summed E-state index contributed by atoms with van der Waals surface area (Å²) in [7, 11) is 1.69. The summed E-state index contributed by atoms with van der Waals surface area (Å²) in [6.45, 7) is 3.74. The first-order valence-corrected chi connectivity index (χ1v) is 6.58. The number of nitrogens with zero attached hydrogens (tertiary/aromatic N) is 2. The van der Waals surface area contributed by atoms with E-state index in [1.54, 1.807) is 19.2 Å². The van der Waals surface area contributed by atoms with Crippen LogP contribution in [0.15, 0.2) is 18.2 Å². The molecule has 6 nitrogen and oxygen atoms in total. The van der Waals surface area contributed by atoms with Gasteiger partial charge in [0.2, 0.25) is 0 Å². The van der Waals surface area contributed by atoms with Gasteiger partial charge in [-0.2, -0.15) is 0 Å². The second-order valence-electron chi connectivity index (χ2n) is 5.10. The van der Waals surface area contributed by atoms with Gasteiger partial charge in [0.05, 0.1) is 16.6 Å². The van der Waals surface area contributed by atoms with Gasteiger partial charge in [-0.05, 0) is 24.5 Å². The van der Waals surface area contributed by atoms with Gasteiger partial charge in [-0.1, -0.05) is 6.92 Å². The molecule has 1 saturated heterocycles. The summed E-state index contributed by atoms with van der Waals surface area (Å²) in [5.74, 6) is 0.486. The van der Waals surface area contributed by atoms with Crippen molar-refractivity contribution in [3.8, 4) is 0 Å². The van der Waals surface area contributed by atoms with Crippen LogP contribution in [0, 0.1) is 16.0 Å². The van der Waals surface area contributed by atoms with Crippen LogP contribution in [0.1, 0.15) is 23.7 Å². The minimum absolute atomic E-state index is 0.111. The molecule has 1 fully saturated rings. The number of hydrogen-bond donors (Lipinski definition) is 0. The molecule has 2 atom stereocenters. The Labute approximate surface area is 117 Å². The van der Waals surface area contributed by atoms with E-state index in [1.165, 1.54) is 6.07 Å². The van der Waals surface area contributed by atoms with Gasteiger partial charge in [0, 0.05) is 32.0 Å². The highest BCUT2D eigenvalue weighted by Crippen LogP contribution is 2.28. The summed E-state index contributed by atoms with van der Waals surface area (Å²) in [6.07, 6.45) is 1.66. The number of ether oxygens (including phenoxy) is 1. The molecule has 0 bridgehead atoms. The largest absolute Gasteiger partial charge is 0.379 e. The topological polar surface area (TPSA) is 72.7 Å². The van der Waals surface area contributed by atoms with Crippen LogP contribution >= 0.6 is 0 Å². The smallest absolute Gasteiger partial charge is 0.280 e. The van der Waals surface area contributed by atoms with Crippen LogP contribution in [-0.4, -0.2) is 37.5 Å². The molecule has 0 spiro atoms. The molecule has 1 aromatic carbocycles. The van der Waals surface area contributed by atoms with E-state index in [4.69, 9.17) is 4.74 Å². The fourth-order valence-electron chi connectivity index (χ4n) is 2.57. The molecule has 0 saturated carbocycles. The van der Waals surface area contributed by atoms with E-state index in [0.717, 1.165) is 25.2 Å². The summed E-state index contributed by atoms with van der Waals surface area (Å²) >= 11 is 0. The highest BCUT2D eigenvalue weighted by atomic mass is 16.6. The van der Waals surface area contributed by atoms with Crippen LogP contribution in [-0.2, 0) is 4.74 Å². The maximum absolute atomic E-state index is 11.0. The summed E-state index contributed by atoms with van der Waals surface area (Å²) in [4.78, 5) is 23.4. The molecule has 0 aliphatic carbocycles. The first kappa shape index (κ1) is 14.5. The number of piperidine rings is 1. The van der Waals surface area contributed by atoms with Crippen molar-refractivity contribution >= 4 is 17.7 Å². The zero-order chi connectivity index (χ0) is 14.7. The molecule has 1 heterocycles. The molecule has 0 N–H and O–H groups in total. The lowest BCUT2D eigenvalue weighted by Crippen LogP contribution is -2.43. The zero-order valence-corrected chi connectivity index (χ0v) is 11.6. The molecular weight excluding hydrogens is 260 g/mol. The Morgan fingerprint density at radius 2 is 2.25 bits per heavy atom. The molecule has 0 radical (unpaired) electrons. The minimum Gasteiger partial charge on any atom is -0.379 e. The molecule has 6 heteroatoms. The van der Waals surface area contributed by atoms with Gasteiger partial charge in [-0.25, -0.2) is 0 Å². The molecule has 0 aromatic heterocycles. The van der Waals surface area contributed by atoms with Crippen molar-refractivity contribution in [1.29, 1.82) is 0 Å². The van der Waals surface area contributed by atoms with E-state index in [9.17, 15) is 14.9 Å². The Bertz CT molecular complexity index is 518. The van der Waals surface area contributed by atoms with E-state index < -0.39 is 4.92 Å². The Hall–Kier alpha value is -1.95. The Morgan fingerprint density at radius 1 is 1.50 bits per heavy atom. The SMILES string of the molecule is COC1CN(c2ccc([N+](=O)[O-])c(C=O)c2)CCC1C. The maximum atomic E-state index is 11.0. The minimum atomic E-state index is -0.538. The molecule has 20 heavy (non-hydrogen) atoms. The number of nitro benzene ring substituents is 1. The Morgan fingerprint density at radius 3 is 2.85 bits per heavy atom. The van der Waals surface area contributed by atoms with Gasteiger partial charge in [0.15, 0.2) is 6.29 Å². The number of methoxy groups -OCH3 is 1. The Balaban J connectivity index is 2.25. The lowest BCUT2D eigenvalue weighted by molar-refractivity contribution is -0.385. The number of hydrogen-bond acceptors (Lipinski definition) is 5. The van der Waals surface area contributed by atoms with Gasteiger partial charge in [-0.15, -0.1) is 0 Å². The van der Waals surface area contributed by atoms with Crippen molar-refractivity contribution in [2.75, 3.05) is 25.1 Å². The van der Waals surface area contributed by atoms with Crippen LogP contribution in [0.3, 0.4) is 0 Å². The van der Waals surface area contributed by atoms with Gasteiger partial charge in [-0.3, -0.25) is 14.9 Å². The summed E-state index contributed by atoms with van der Waals surface area (Å²) in [5.41, 5.74) is 0.782. The molecule has 1 aliphatic heterocycles. The first-order chi connectivity index (χ1) is 9.56. The van der Waals surface area contributed by atoms with Crippen molar-refractivity contribution < 1.29 is 14.5 Å². The number of carbonyl (C=O) groups is 1. The molecule has 2 unspecified atom stereocenters. The second-order valence-corrected chi connectivity index (χ2v) is 5.10. The third-order valence-corrected chi connectivity index (χ3v) is 3.89. The monoisotopic (exact) mass is 278 g/mol. The van der Waals surface area contributed by atoms with Gasteiger partial charge in [0.1, 0.15) is 0 Å². The van der Waals surface area contributed by atoms with Gasteiger partial charge in [0.25, 0.3) is 5.69 Å². The molecular formula is C14H18N2O4. The van der Waals surface area contributed by atoms with E-state index in [2.05, 4.69) is 11.8 Å². The second kappa shape index (κ2) is 6.00.